The number of rotatable bonds is 0. The van der Waals surface area contributed by atoms with Gasteiger partial charge in [-0.05, 0) is 25.5 Å². The van der Waals surface area contributed by atoms with Gasteiger partial charge in [0.2, 0.25) is 0 Å². The monoisotopic (exact) mass is 160 g/mol. The Hall–Kier alpha value is -1.31. The predicted octanol–water partition coefficient (Wildman–Crippen LogP) is 2.19. The molecule has 0 unspecified atom stereocenters. The van der Waals surface area contributed by atoms with Gasteiger partial charge in [-0.3, -0.25) is 4.98 Å². The molecule has 0 amide bonds. The maximum Gasteiger partial charge on any atom is 0.0513 e. The van der Waals surface area contributed by atoms with Gasteiger partial charge in [0.15, 0.2) is 0 Å². The third-order valence-electron chi connectivity index (χ3n) is 2.61. The van der Waals surface area contributed by atoms with Gasteiger partial charge < -0.3 is 4.57 Å². The van der Waals surface area contributed by atoms with E-state index in [0.717, 1.165) is 0 Å². The molecule has 0 atom stereocenters. The minimum atomic E-state index is 1.26. The molecule has 0 saturated heterocycles. The van der Waals surface area contributed by atoms with E-state index in [9.17, 15) is 0 Å². The summed E-state index contributed by atoms with van der Waals surface area (Å²) < 4.78 is 2.20. The Morgan fingerprint density at radius 3 is 2.75 bits per heavy atom. The average Bonchev–Trinajstić information content (AvgIpc) is 2.33. The van der Waals surface area contributed by atoms with Gasteiger partial charge in [0.25, 0.3) is 0 Å². The molecule has 0 fully saturated rings. The topological polar surface area (TPSA) is 17.8 Å². The first kappa shape index (κ1) is 7.35. The number of hydrogen-bond acceptors (Lipinski definition) is 1. The molecule has 0 N–H and O–H groups in total. The fourth-order valence-corrected chi connectivity index (χ4v) is 1.60. The van der Waals surface area contributed by atoms with Crippen LogP contribution in [0.25, 0.3) is 10.9 Å². The molecule has 2 heteroatoms. The molecular formula is C10H12N2. The second kappa shape index (κ2) is 2.34. The SMILES string of the molecule is Cc1c(C)n(C)c2ccncc12. The smallest absolute Gasteiger partial charge is 0.0513 e. The van der Waals surface area contributed by atoms with Crippen molar-refractivity contribution in [2.24, 2.45) is 7.05 Å². The Morgan fingerprint density at radius 1 is 1.33 bits per heavy atom. The largest absolute Gasteiger partial charge is 0.348 e. The first-order valence-corrected chi connectivity index (χ1v) is 4.07. The van der Waals surface area contributed by atoms with Crippen LogP contribution in [-0.2, 0) is 7.05 Å². The molecule has 0 saturated carbocycles. The van der Waals surface area contributed by atoms with Crippen molar-refractivity contribution >= 4 is 10.9 Å². The lowest BCUT2D eigenvalue weighted by Gasteiger charge is -1.96. The molecule has 0 aliphatic rings. The minimum Gasteiger partial charge on any atom is -0.348 e. The third kappa shape index (κ3) is 0.779. The molecule has 0 spiro atoms. The van der Waals surface area contributed by atoms with Gasteiger partial charge >= 0.3 is 0 Å². The lowest BCUT2D eigenvalue weighted by molar-refractivity contribution is 0.910. The van der Waals surface area contributed by atoms with Crippen LogP contribution >= 0.6 is 0 Å². The summed E-state index contributed by atoms with van der Waals surface area (Å²) in [7, 11) is 2.09. The van der Waals surface area contributed by atoms with Crippen molar-refractivity contribution in [3.05, 3.63) is 29.7 Å². The number of hydrogen-bond donors (Lipinski definition) is 0. The lowest BCUT2D eigenvalue weighted by atomic mass is 10.2. The molecule has 12 heavy (non-hydrogen) atoms. The summed E-state index contributed by atoms with van der Waals surface area (Å²) in [5, 5.41) is 1.26. The lowest BCUT2D eigenvalue weighted by Crippen LogP contribution is -1.89. The molecule has 2 aromatic heterocycles. The summed E-state index contributed by atoms with van der Waals surface area (Å²) in [4.78, 5) is 4.11. The highest BCUT2D eigenvalue weighted by Crippen LogP contribution is 2.22. The van der Waals surface area contributed by atoms with E-state index in [0.29, 0.717) is 0 Å². The normalized spacial score (nSPS) is 10.9. The maximum atomic E-state index is 4.11. The van der Waals surface area contributed by atoms with Crippen molar-refractivity contribution < 1.29 is 0 Å². The van der Waals surface area contributed by atoms with Crippen LogP contribution in [0.3, 0.4) is 0 Å². The summed E-state index contributed by atoms with van der Waals surface area (Å²) in [6.07, 6.45) is 3.76. The maximum absolute atomic E-state index is 4.11. The van der Waals surface area contributed by atoms with Crippen molar-refractivity contribution in [1.29, 1.82) is 0 Å². The molecular weight excluding hydrogens is 148 g/mol. The minimum absolute atomic E-state index is 1.26. The molecule has 2 rings (SSSR count). The number of pyridine rings is 1. The quantitative estimate of drug-likeness (QED) is 0.577. The van der Waals surface area contributed by atoms with Gasteiger partial charge in [-0.2, -0.15) is 0 Å². The van der Waals surface area contributed by atoms with Crippen molar-refractivity contribution in [1.82, 2.24) is 9.55 Å². The summed E-state index contributed by atoms with van der Waals surface area (Å²) in [5.74, 6) is 0. The van der Waals surface area contributed by atoms with E-state index in [1.807, 2.05) is 12.4 Å². The number of fused-ring (bicyclic) bond motifs is 1. The van der Waals surface area contributed by atoms with Crippen LogP contribution in [0.5, 0.6) is 0 Å². The summed E-state index contributed by atoms with van der Waals surface area (Å²) >= 11 is 0. The zero-order chi connectivity index (χ0) is 8.72. The summed E-state index contributed by atoms with van der Waals surface area (Å²) in [6.45, 7) is 4.27. The van der Waals surface area contributed by atoms with Crippen LogP contribution in [-0.4, -0.2) is 9.55 Å². The standard InChI is InChI=1S/C10H12N2/c1-7-8(2)12(3)10-4-5-11-6-9(7)10/h4-6H,1-3H3. The second-order valence-electron chi connectivity index (χ2n) is 3.16. The van der Waals surface area contributed by atoms with E-state index >= 15 is 0 Å². The van der Waals surface area contributed by atoms with Gasteiger partial charge in [0.1, 0.15) is 0 Å². The molecule has 0 aliphatic carbocycles. The van der Waals surface area contributed by atoms with Crippen molar-refractivity contribution in [3.63, 3.8) is 0 Å². The molecule has 2 aromatic rings. The number of nitrogens with zero attached hydrogens (tertiary/aromatic N) is 2. The van der Waals surface area contributed by atoms with Crippen LogP contribution in [0.4, 0.5) is 0 Å². The molecule has 0 aliphatic heterocycles. The summed E-state index contributed by atoms with van der Waals surface area (Å²) in [6, 6.07) is 2.05. The van der Waals surface area contributed by atoms with Crippen molar-refractivity contribution in [2.75, 3.05) is 0 Å². The van der Waals surface area contributed by atoms with E-state index in [1.54, 1.807) is 0 Å². The molecule has 0 bridgehead atoms. The van der Waals surface area contributed by atoms with Gasteiger partial charge in [0.05, 0.1) is 5.52 Å². The Labute approximate surface area is 71.8 Å². The van der Waals surface area contributed by atoms with Gasteiger partial charge in [-0.25, -0.2) is 0 Å². The zero-order valence-electron chi connectivity index (χ0n) is 7.63. The summed E-state index contributed by atoms with van der Waals surface area (Å²) in [5.41, 5.74) is 3.92. The Balaban J connectivity index is 2.99. The van der Waals surface area contributed by atoms with E-state index in [-0.39, 0.29) is 0 Å². The van der Waals surface area contributed by atoms with Gasteiger partial charge in [-0.15, -0.1) is 0 Å². The predicted molar refractivity (Wildman–Crippen MR) is 50.2 cm³/mol. The van der Waals surface area contributed by atoms with Crippen molar-refractivity contribution in [2.45, 2.75) is 13.8 Å². The van der Waals surface area contributed by atoms with Crippen LogP contribution in [0, 0.1) is 13.8 Å². The molecule has 0 aromatic carbocycles. The molecule has 0 radical (unpaired) electrons. The Morgan fingerprint density at radius 2 is 2.08 bits per heavy atom. The fourth-order valence-electron chi connectivity index (χ4n) is 1.60. The number of aromatic nitrogens is 2. The molecule has 62 valence electrons. The fraction of sp³-hybridized carbons (Fsp3) is 0.300. The van der Waals surface area contributed by atoms with Crippen LogP contribution in [0.2, 0.25) is 0 Å². The highest BCUT2D eigenvalue weighted by Gasteiger charge is 2.06. The van der Waals surface area contributed by atoms with Gasteiger partial charge in [-0.1, -0.05) is 0 Å². The van der Waals surface area contributed by atoms with E-state index in [4.69, 9.17) is 0 Å². The third-order valence-corrected chi connectivity index (χ3v) is 2.61. The van der Waals surface area contributed by atoms with E-state index in [2.05, 4.69) is 36.5 Å². The van der Waals surface area contributed by atoms with Gasteiger partial charge in [0, 0.05) is 30.5 Å². The number of aryl methyl sites for hydroxylation is 2. The first-order chi connectivity index (χ1) is 5.72. The first-order valence-electron chi connectivity index (χ1n) is 4.07. The van der Waals surface area contributed by atoms with Crippen molar-refractivity contribution in [3.8, 4) is 0 Å². The van der Waals surface area contributed by atoms with Crippen LogP contribution in [0.1, 0.15) is 11.3 Å². The van der Waals surface area contributed by atoms with Crippen LogP contribution in [0.15, 0.2) is 18.5 Å². The van der Waals surface area contributed by atoms with Crippen LogP contribution < -0.4 is 0 Å². The van der Waals surface area contributed by atoms with E-state index < -0.39 is 0 Å². The average molecular weight is 160 g/mol. The molecule has 2 nitrogen and oxygen atoms in total. The Kier molecular flexibility index (Phi) is 1.43. The second-order valence-corrected chi connectivity index (χ2v) is 3.16. The van der Waals surface area contributed by atoms with E-state index in [1.165, 1.54) is 22.2 Å². The highest BCUT2D eigenvalue weighted by atomic mass is 14.9. The zero-order valence-corrected chi connectivity index (χ0v) is 7.63. The Bertz CT molecular complexity index is 388. The highest BCUT2D eigenvalue weighted by molar-refractivity contribution is 5.84. The molecule has 2 heterocycles.